The number of benzene rings is 1. The molecule has 0 radical (unpaired) electrons. The van der Waals surface area contributed by atoms with Crippen molar-refractivity contribution < 1.29 is 8.78 Å². The van der Waals surface area contributed by atoms with E-state index in [1.54, 1.807) is 12.1 Å². The zero-order valence-corrected chi connectivity index (χ0v) is 13.0. The summed E-state index contributed by atoms with van der Waals surface area (Å²) in [5.41, 5.74) is 1.41. The summed E-state index contributed by atoms with van der Waals surface area (Å²) in [6, 6.07) is 5.24. The van der Waals surface area contributed by atoms with Crippen LogP contribution in [0.25, 0.3) is 6.08 Å². The van der Waals surface area contributed by atoms with Gasteiger partial charge in [0, 0.05) is 5.56 Å². The smallest absolute Gasteiger partial charge is 0.130 e. The van der Waals surface area contributed by atoms with Crippen molar-refractivity contribution in [2.45, 2.75) is 64.2 Å². The minimum atomic E-state index is -0.313. The summed E-state index contributed by atoms with van der Waals surface area (Å²) in [5.74, 6) is 1.03. The molecule has 21 heavy (non-hydrogen) atoms. The van der Waals surface area contributed by atoms with Gasteiger partial charge in [-0.3, -0.25) is 0 Å². The van der Waals surface area contributed by atoms with Gasteiger partial charge in [0.1, 0.15) is 5.82 Å². The zero-order valence-electron chi connectivity index (χ0n) is 13.0. The van der Waals surface area contributed by atoms with Crippen LogP contribution >= 0.6 is 0 Å². The highest BCUT2D eigenvalue weighted by Gasteiger charge is 2.22. The second-order valence-electron chi connectivity index (χ2n) is 6.29. The van der Waals surface area contributed by atoms with E-state index in [1.165, 1.54) is 44.6 Å². The highest BCUT2D eigenvalue weighted by atomic mass is 19.1. The van der Waals surface area contributed by atoms with Gasteiger partial charge in [0.2, 0.25) is 0 Å². The van der Waals surface area contributed by atoms with Crippen LogP contribution < -0.4 is 0 Å². The quantitative estimate of drug-likeness (QED) is 0.517. The van der Waals surface area contributed by atoms with Gasteiger partial charge in [-0.15, -0.1) is 0 Å². The Hall–Kier alpha value is -1.18. The van der Waals surface area contributed by atoms with Crippen LogP contribution in [0.4, 0.5) is 8.78 Å². The summed E-state index contributed by atoms with van der Waals surface area (Å²) >= 11 is 0. The van der Waals surface area contributed by atoms with Crippen molar-refractivity contribution in [3.05, 3.63) is 41.5 Å². The summed E-state index contributed by atoms with van der Waals surface area (Å²) in [6.45, 7) is 2.24. The first-order chi connectivity index (χ1) is 10.2. The van der Waals surface area contributed by atoms with Crippen LogP contribution in [0, 0.1) is 11.7 Å². The average molecular weight is 292 g/mol. The molecule has 0 heterocycles. The Bertz CT molecular complexity index is 457. The van der Waals surface area contributed by atoms with Crippen LogP contribution in [0.3, 0.4) is 0 Å². The lowest BCUT2D eigenvalue weighted by Crippen LogP contribution is -2.13. The van der Waals surface area contributed by atoms with Crippen LogP contribution in [0.15, 0.2) is 24.5 Å². The largest absolute Gasteiger partial charge is 0.216 e. The van der Waals surface area contributed by atoms with Gasteiger partial charge < -0.3 is 0 Å². The molecule has 1 saturated carbocycles. The van der Waals surface area contributed by atoms with Crippen molar-refractivity contribution in [2.75, 3.05) is 0 Å². The number of rotatable bonds is 6. The van der Waals surface area contributed by atoms with Gasteiger partial charge in [-0.05, 0) is 55.2 Å². The molecule has 0 amide bonds. The molecule has 0 N–H and O–H groups in total. The van der Waals surface area contributed by atoms with Crippen LogP contribution in [0.5, 0.6) is 0 Å². The van der Waals surface area contributed by atoms with Gasteiger partial charge >= 0.3 is 0 Å². The van der Waals surface area contributed by atoms with E-state index in [2.05, 4.69) is 6.92 Å². The third-order valence-electron chi connectivity index (χ3n) is 4.80. The minimum Gasteiger partial charge on any atom is -0.216 e. The molecule has 116 valence electrons. The Balaban J connectivity index is 1.88. The SMILES string of the molecule is CCCCCC1CCC(c2ccc(C=CF)c(F)c2)CC1. The molecule has 1 fully saturated rings. The number of hydrogen-bond acceptors (Lipinski definition) is 0. The molecule has 0 nitrogen and oxygen atoms in total. The topological polar surface area (TPSA) is 0 Å². The first-order valence-electron chi connectivity index (χ1n) is 8.30. The molecule has 2 rings (SSSR count). The predicted molar refractivity (Wildman–Crippen MR) is 85.4 cm³/mol. The Morgan fingerprint density at radius 1 is 1.14 bits per heavy atom. The minimum absolute atomic E-state index is 0.313. The number of unbranched alkanes of at least 4 members (excludes halogenated alkanes) is 2. The molecule has 0 unspecified atom stereocenters. The predicted octanol–water partition coefficient (Wildman–Crippen LogP) is 6.62. The Morgan fingerprint density at radius 2 is 1.90 bits per heavy atom. The zero-order chi connectivity index (χ0) is 15.1. The van der Waals surface area contributed by atoms with E-state index >= 15 is 0 Å². The molecule has 1 aromatic rings. The first kappa shape index (κ1) is 16.2. The van der Waals surface area contributed by atoms with Crippen molar-refractivity contribution in [3.8, 4) is 0 Å². The van der Waals surface area contributed by atoms with Crippen molar-refractivity contribution in [1.82, 2.24) is 0 Å². The van der Waals surface area contributed by atoms with Gasteiger partial charge in [-0.1, -0.05) is 44.7 Å². The third-order valence-corrected chi connectivity index (χ3v) is 4.80. The number of hydrogen-bond donors (Lipinski definition) is 0. The van der Waals surface area contributed by atoms with E-state index in [0.29, 0.717) is 17.8 Å². The maximum atomic E-state index is 13.9. The molecule has 0 spiro atoms. The van der Waals surface area contributed by atoms with E-state index in [0.717, 1.165) is 24.3 Å². The lowest BCUT2D eigenvalue weighted by Gasteiger charge is -2.29. The Kier molecular flexibility index (Phi) is 6.41. The molecular weight excluding hydrogens is 266 g/mol. The molecule has 0 saturated heterocycles. The molecule has 0 aliphatic heterocycles. The van der Waals surface area contributed by atoms with Gasteiger partial charge in [-0.2, -0.15) is 0 Å². The van der Waals surface area contributed by atoms with Crippen molar-refractivity contribution >= 4 is 6.08 Å². The maximum Gasteiger partial charge on any atom is 0.130 e. The van der Waals surface area contributed by atoms with Crippen molar-refractivity contribution in [1.29, 1.82) is 0 Å². The summed E-state index contributed by atoms with van der Waals surface area (Å²) in [5, 5.41) is 0. The molecule has 2 heteroatoms. The van der Waals surface area contributed by atoms with Crippen LogP contribution in [0.1, 0.15) is 75.3 Å². The first-order valence-corrected chi connectivity index (χ1v) is 8.30. The lowest BCUT2D eigenvalue weighted by molar-refractivity contribution is 0.302. The van der Waals surface area contributed by atoms with Gasteiger partial charge in [-0.25, -0.2) is 8.78 Å². The third kappa shape index (κ3) is 4.66. The van der Waals surface area contributed by atoms with E-state index < -0.39 is 0 Å². The summed E-state index contributed by atoms with van der Waals surface area (Å²) in [7, 11) is 0. The van der Waals surface area contributed by atoms with Gasteiger partial charge in [0.05, 0.1) is 6.33 Å². The molecular formula is C19H26F2. The van der Waals surface area contributed by atoms with Crippen molar-refractivity contribution in [2.24, 2.45) is 5.92 Å². The second kappa shape index (κ2) is 8.31. The fraction of sp³-hybridized carbons (Fsp3) is 0.579. The molecule has 1 aliphatic rings. The molecule has 1 aromatic carbocycles. The number of halogens is 2. The van der Waals surface area contributed by atoms with Crippen LogP contribution in [0.2, 0.25) is 0 Å². The van der Waals surface area contributed by atoms with E-state index in [9.17, 15) is 8.78 Å². The average Bonchev–Trinajstić information content (AvgIpc) is 2.50. The summed E-state index contributed by atoms with van der Waals surface area (Å²) in [4.78, 5) is 0. The lowest BCUT2D eigenvalue weighted by atomic mass is 9.77. The van der Waals surface area contributed by atoms with Crippen LogP contribution in [-0.4, -0.2) is 0 Å². The highest BCUT2D eigenvalue weighted by molar-refractivity contribution is 5.49. The highest BCUT2D eigenvalue weighted by Crippen LogP contribution is 2.38. The van der Waals surface area contributed by atoms with Gasteiger partial charge in [0.25, 0.3) is 0 Å². The fourth-order valence-electron chi connectivity index (χ4n) is 3.47. The molecule has 1 aliphatic carbocycles. The van der Waals surface area contributed by atoms with E-state index in [1.807, 2.05) is 6.07 Å². The Labute approximate surface area is 127 Å². The maximum absolute atomic E-state index is 13.9. The molecule has 0 bridgehead atoms. The Morgan fingerprint density at radius 3 is 2.52 bits per heavy atom. The second-order valence-corrected chi connectivity index (χ2v) is 6.29. The van der Waals surface area contributed by atoms with Crippen LogP contribution in [-0.2, 0) is 0 Å². The standard InChI is InChI=1S/C19H26F2/c1-2-3-4-5-15-6-8-16(9-7-15)18-11-10-17(12-13-20)19(21)14-18/h10-16H,2-9H2,1H3. The fourth-order valence-corrected chi connectivity index (χ4v) is 3.47. The summed E-state index contributed by atoms with van der Waals surface area (Å²) in [6.07, 6.45) is 11.7. The van der Waals surface area contributed by atoms with Gasteiger partial charge in [0.15, 0.2) is 0 Å². The summed E-state index contributed by atoms with van der Waals surface area (Å²) < 4.78 is 26.0. The van der Waals surface area contributed by atoms with E-state index in [-0.39, 0.29) is 5.82 Å². The monoisotopic (exact) mass is 292 g/mol. The molecule has 0 aromatic heterocycles. The normalized spacial score (nSPS) is 22.8. The molecule has 0 atom stereocenters. The van der Waals surface area contributed by atoms with E-state index in [4.69, 9.17) is 0 Å². The van der Waals surface area contributed by atoms with Crippen molar-refractivity contribution in [3.63, 3.8) is 0 Å².